The quantitative estimate of drug-likeness (QED) is 0.558. The van der Waals surface area contributed by atoms with Crippen molar-refractivity contribution in [3.63, 3.8) is 0 Å². The molecule has 2 rings (SSSR count). The number of esters is 2. The number of halogens is 2. The number of fused-ring (bicyclic) bond motifs is 1. The molecule has 0 bridgehead atoms. The van der Waals surface area contributed by atoms with Gasteiger partial charge in [0, 0.05) is 0 Å². The van der Waals surface area contributed by atoms with Gasteiger partial charge in [-0.2, -0.15) is 8.78 Å². The first-order valence-corrected chi connectivity index (χ1v) is 4.94. The monoisotopic (exact) mass is 271 g/mol. The van der Waals surface area contributed by atoms with E-state index in [1.807, 2.05) is 0 Å². The fourth-order valence-corrected chi connectivity index (χ4v) is 1.46. The molecule has 8 heteroatoms. The molecule has 0 unspecified atom stereocenters. The summed E-state index contributed by atoms with van der Waals surface area (Å²) < 4.78 is 33.4. The van der Waals surface area contributed by atoms with Crippen LogP contribution in [0.1, 0.15) is 26.3 Å². The van der Waals surface area contributed by atoms with Crippen molar-refractivity contribution in [2.45, 2.75) is 12.7 Å². The number of benzene rings is 1. The van der Waals surface area contributed by atoms with Gasteiger partial charge in [-0.3, -0.25) is 0 Å². The van der Waals surface area contributed by atoms with Gasteiger partial charge in [-0.05, 0) is 17.7 Å². The number of rotatable bonds is 4. The number of carboxylic acids is 1. The van der Waals surface area contributed by atoms with Crippen molar-refractivity contribution in [2.75, 3.05) is 0 Å². The number of hydrogen-bond acceptors (Lipinski definition) is 6. The Morgan fingerprint density at radius 3 is 2.53 bits per heavy atom. The van der Waals surface area contributed by atoms with Gasteiger partial charge in [0.1, 0.15) is 5.97 Å². The molecule has 0 N–H and O–H groups in total. The van der Waals surface area contributed by atoms with Crippen molar-refractivity contribution in [3.8, 4) is 0 Å². The lowest BCUT2D eigenvalue weighted by Crippen LogP contribution is -2.43. The molecule has 1 aliphatic heterocycles. The molecule has 0 saturated carbocycles. The van der Waals surface area contributed by atoms with Crippen LogP contribution in [-0.2, 0) is 20.9 Å². The predicted octanol–water partition coefficient (Wildman–Crippen LogP) is -0.144. The van der Waals surface area contributed by atoms with Gasteiger partial charge in [0.05, 0.1) is 17.7 Å². The van der Waals surface area contributed by atoms with Gasteiger partial charge in [0.25, 0.3) is 0 Å². The molecular weight excluding hydrogens is 266 g/mol. The van der Waals surface area contributed by atoms with E-state index >= 15 is 0 Å². The molecule has 1 aromatic carbocycles. The highest BCUT2D eigenvalue weighted by Gasteiger charge is 2.33. The van der Waals surface area contributed by atoms with E-state index in [-0.39, 0.29) is 16.7 Å². The minimum absolute atomic E-state index is 0.0143. The summed E-state index contributed by atoms with van der Waals surface area (Å²) in [5.74, 6) is -4.38. The Labute approximate surface area is 104 Å². The largest absolute Gasteiger partial charge is 0.542 e. The van der Waals surface area contributed by atoms with E-state index in [2.05, 4.69) is 9.47 Å². The molecule has 6 nitrogen and oxygen atoms in total. The van der Waals surface area contributed by atoms with Crippen LogP contribution in [-0.4, -0.2) is 24.0 Å². The van der Waals surface area contributed by atoms with Crippen LogP contribution in [0.5, 0.6) is 0 Å². The van der Waals surface area contributed by atoms with Gasteiger partial charge in [-0.15, -0.1) is 0 Å². The van der Waals surface area contributed by atoms with E-state index in [1.54, 1.807) is 0 Å². The lowest BCUT2D eigenvalue weighted by molar-refractivity contribution is -0.364. The first kappa shape index (κ1) is 13.1. The number of cyclic esters (lactones) is 2. The van der Waals surface area contributed by atoms with Crippen LogP contribution in [0.25, 0.3) is 0 Å². The summed E-state index contributed by atoms with van der Waals surface area (Å²) in [5, 5.41) is 10.0. The van der Waals surface area contributed by atoms with Crippen molar-refractivity contribution in [1.82, 2.24) is 0 Å². The van der Waals surface area contributed by atoms with Crippen molar-refractivity contribution >= 4 is 17.9 Å². The maximum atomic E-state index is 12.6. The normalized spacial score (nSPS) is 14.2. The van der Waals surface area contributed by atoms with Gasteiger partial charge < -0.3 is 19.4 Å². The Balaban J connectivity index is 2.16. The third-order valence-corrected chi connectivity index (χ3v) is 2.37. The Morgan fingerprint density at radius 2 is 1.89 bits per heavy atom. The third kappa shape index (κ3) is 2.43. The smallest absolute Gasteiger partial charge is 0.397 e. The number of carbonyl (C=O) groups excluding carboxylic acids is 3. The summed E-state index contributed by atoms with van der Waals surface area (Å²) in [6.07, 6.45) is -4.44. The molecule has 0 spiro atoms. The van der Waals surface area contributed by atoms with E-state index in [1.165, 1.54) is 12.1 Å². The molecule has 0 radical (unpaired) electrons. The van der Waals surface area contributed by atoms with Crippen LogP contribution in [0.15, 0.2) is 18.2 Å². The van der Waals surface area contributed by atoms with Gasteiger partial charge in [0.2, 0.25) is 0 Å². The van der Waals surface area contributed by atoms with Crippen LogP contribution in [0.2, 0.25) is 0 Å². The second-order valence-electron chi connectivity index (χ2n) is 3.65. The lowest BCUT2D eigenvalue weighted by atomic mass is 10.1. The predicted molar refractivity (Wildman–Crippen MR) is 50.9 cm³/mol. The van der Waals surface area contributed by atoms with Crippen LogP contribution < -0.4 is 5.11 Å². The van der Waals surface area contributed by atoms with E-state index in [0.717, 1.165) is 6.07 Å². The Bertz CT molecular complexity index is 581. The number of carbonyl (C=O) groups is 3. The fourth-order valence-electron chi connectivity index (χ4n) is 1.46. The SMILES string of the molecule is O=C1OC(=O)c2cc(COC(F)(F)C(=O)[O-])ccc21. The molecule has 1 aliphatic rings. The molecule has 1 heterocycles. The van der Waals surface area contributed by atoms with Gasteiger partial charge in [-0.1, -0.05) is 6.07 Å². The van der Waals surface area contributed by atoms with Crippen LogP contribution in [0.4, 0.5) is 8.78 Å². The highest BCUT2D eigenvalue weighted by molar-refractivity contribution is 6.14. The minimum Gasteiger partial charge on any atom is -0.542 e. The summed E-state index contributed by atoms with van der Waals surface area (Å²) in [4.78, 5) is 32.3. The lowest BCUT2D eigenvalue weighted by Gasteiger charge is -2.17. The average molecular weight is 271 g/mol. The Kier molecular flexibility index (Phi) is 3.03. The van der Waals surface area contributed by atoms with E-state index in [0.29, 0.717) is 0 Å². The summed E-state index contributed by atoms with van der Waals surface area (Å²) in [5.41, 5.74) is 0.0228. The van der Waals surface area contributed by atoms with Crippen molar-refractivity contribution < 1.29 is 37.7 Å². The first-order chi connectivity index (χ1) is 8.81. The first-order valence-electron chi connectivity index (χ1n) is 4.94. The highest BCUT2D eigenvalue weighted by atomic mass is 19.3. The zero-order chi connectivity index (χ0) is 14.2. The van der Waals surface area contributed by atoms with Crippen molar-refractivity contribution in [2.24, 2.45) is 0 Å². The molecule has 1 aromatic rings. The van der Waals surface area contributed by atoms with Crippen LogP contribution in [0.3, 0.4) is 0 Å². The van der Waals surface area contributed by atoms with E-state index in [9.17, 15) is 28.3 Å². The number of carboxylic acid groups (broad SMARTS) is 1. The molecule has 0 amide bonds. The summed E-state index contributed by atoms with van der Waals surface area (Å²) in [7, 11) is 0. The minimum atomic E-state index is -4.44. The number of hydrogen-bond donors (Lipinski definition) is 0. The number of aliphatic carboxylic acids is 1. The van der Waals surface area contributed by atoms with Gasteiger partial charge >= 0.3 is 18.0 Å². The Hall–Kier alpha value is -2.35. The van der Waals surface area contributed by atoms with Crippen molar-refractivity contribution in [3.05, 3.63) is 34.9 Å². The zero-order valence-electron chi connectivity index (χ0n) is 9.14. The molecule has 0 saturated heterocycles. The van der Waals surface area contributed by atoms with Crippen LogP contribution >= 0.6 is 0 Å². The molecule has 100 valence electrons. The summed E-state index contributed by atoms with van der Waals surface area (Å²) in [6, 6.07) is 3.57. The second kappa shape index (κ2) is 4.39. The highest BCUT2D eigenvalue weighted by Crippen LogP contribution is 2.23. The molecule has 0 fully saturated rings. The maximum Gasteiger partial charge on any atom is 0.397 e. The average Bonchev–Trinajstić information content (AvgIpc) is 2.62. The van der Waals surface area contributed by atoms with Gasteiger partial charge in [0.15, 0.2) is 0 Å². The zero-order valence-corrected chi connectivity index (χ0v) is 9.14. The number of alkyl halides is 2. The van der Waals surface area contributed by atoms with E-state index < -0.39 is 30.6 Å². The molecular formula is C11H5F2O6-. The van der Waals surface area contributed by atoms with E-state index in [4.69, 9.17) is 0 Å². The Morgan fingerprint density at radius 1 is 1.26 bits per heavy atom. The summed E-state index contributed by atoms with van der Waals surface area (Å²) >= 11 is 0. The topological polar surface area (TPSA) is 92.7 Å². The summed E-state index contributed by atoms with van der Waals surface area (Å²) in [6.45, 7) is -0.768. The fraction of sp³-hybridized carbons (Fsp3) is 0.182. The van der Waals surface area contributed by atoms with Gasteiger partial charge in [-0.25, -0.2) is 9.59 Å². The molecule has 0 atom stereocenters. The van der Waals surface area contributed by atoms with Crippen LogP contribution in [0, 0.1) is 0 Å². The molecule has 0 aromatic heterocycles. The number of ether oxygens (including phenoxy) is 2. The van der Waals surface area contributed by atoms with Crippen molar-refractivity contribution in [1.29, 1.82) is 0 Å². The maximum absolute atomic E-state index is 12.6. The molecule has 19 heavy (non-hydrogen) atoms. The molecule has 0 aliphatic carbocycles. The standard InChI is InChI=1S/C11H6F2O6/c12-11(13,10(16)17)18-4-5-1-2-6-7(3-5)9(15)19-8(6)14/h1-3H,4H2,(H,16,17)/p-1. The third-order valence-electron chi connectivity index (χ3n) is 2.37. The second-order valence-corrected chi connectivity index (χ2v) is 3.65.